The quantitative estimate of drug-likeness (QED) is 0.727. The smallest absolute Gasteiger partial charge is 0.313 e. The molecule has 0 bridgehead atoms. The minimum Gasteiger partial charge on any atom is -0.481 e. The van der Waals surface area contributed by atoms with Crippen LogP contribution in [0.5, 0.6) is 0 Å². The Bertz CT molecular complexity index is 618. The summed E-state index contributed by atoms with van der Waals surface area (Å²) in [5.41, 5.74) is 0.927. The number of hydrogen-bond acceptors (Lipinski definition) is 5. The summed E-state index contributed by atoms with van der Waals surface area (Å²) in [6, 6.07) is 8.94. The monoisotopic (exact) mass is 335 g/mol. The number of benzene rings is 1. The van der Waals surface area contributed by atoms with Crippen LogP contribution in [0.25, 0.3) is 0 Å². The van der Waals surface area contributed by atoms with Gasteiger partial charge >= 0.3 is 5.97 Å². The normalized spacial score (nSPS) is 14.3. The van der Waals surface area contributed by atoms with Crippen molar-refractivity contribution in [2.45, 2.75) is 12.8 Å². The van der Waals surface area contributed by atoms with Crippen LogP contribution in [0.4, 0.5) is 5.69 Å². The van der Waals surface area contributed by atoms with Gasteiger partial charge in [-0.05, 0) is 12.1 Å². The van der Waals surface area contributed by atoms with Gasteiger partial charge in [0.25, 0.3) is 5.91 Å². The summed E-state index contributed by atoms with van der Waals surface area (Å²) < 4.78 is 0. The second kappa shape index (κ2) is 8.33. The molecule has 23 heavy (non-hydrogen) atoms. The molecule has 0 saturated heterocycles. The van der Waals surface area contributed by atoms with E-state index in [0.717, 1.165) is 0 Å². The molecule has 7 nitrogen and oxygen atoms in total. The highest BCUT2D eigenvalue weighted by atomic mass is 32.2. The first kappa shape index (κ1) is 17.0. The summed E-state index contributed by atoms with van der Waals surface area (Å²) in [5.74, 6) is -0.839. The number of nitrogens with one attached hydrogen (secondary N) is 1. The maximum absolute atomic E-state index is 12.1. The highest BCUT2D eigenvalue weighted by Gasteiger charge is 2.25. The standard InChI is InChI=1S/C15H17N3O4S/c19-13-7-6-12(15(22)16-8-9-23-10-14(20)21)17-18(13)11-4-2-1-3-5-11/h1-5H,6-10H2,(H,16,22)(H,20,21). The zero-order valence-corrected chi connectivity index (χ0v) is 13.2. The first-order valence-corrected chi connectivity index (χ1v) is 8.26. The van der Waals surface area contributed by atoms with Gasteiger partial charge in [0.1, 0.15) is 5.71 Å². The fourth-order valence-corrected chi connectivity index (χ4v) is 2.55. The number of nitrogens with zero attached hydrogens (tertiary/aromatic N) is 2. The highest BCUT2D eigenvalue weighted by molar-refractivity contribution is 7.99. The van der Waals surface area contributed by atoms with Gasteiger partial charge in [0, 0.05) is 25.1 Å². The van der Waals surface area contributed by atoms with Gasteiger partial charge in [-0.3, -0.25) is 14.4 Å². The van der Waals surface area contributed by atoms with Crippen molar-refractivity contribution in [2.24, 2.45) is 5.10 Å². The summed E-state index contributed by atoms with van der Waals surface area (Å²) in [6.07, 6.45) is 0.533. The number of amides is 2. The number of rotatable bonds is 7. The lowest BCUT2D eigenvalue weighted by molar-refractivity contribution is -0.134. The van der Waals surface area contributed by atoms with Crippen LogP contribution in [0, 0.1) is 0 Å². The number of para-hydroxylation sites is 1. The van der Waals surface area contributed by atoms with Crippen molar-refractivity contribution < 1.29 is 19.5 Å². The number of carboxylic acids is 1. The van der Waals surface area contributed by atoms with Crippen molar-refractivity contribution in [3.63, 3.8) is 0 Å². The Morgan fingerprint density at radius 3 is 2.70 bits per heavy atom. The molecular formula is C15H17N3O4S. The SMILES string of the molecule is O=C(O)CSCCNC(=O)C1=NN(c2ccccc2)C(=O)CC1. The van der Waals surface area contributed by atoms with Gasteiger partial charge in [0.05, 0.1) is 11.4 Å². The summed E-state index contributed by atoms with van der Waals surface area (Å²) in [5, 5.41) is 16.6. The fraction of sp³-hybridized carbons (Fsp3) is 0.333. The molecule has 122 valence electrons. The lowest BCUT2D eigenvalue weighted by atomic mass is 10.1. The number of carbonyl (C=O) groups is 3. The molecule has 1 aliphatic rings. The van der Waals surface area contributed by atoms with E-state index in [9.17, 15) is 14.4 Å². The van der Waals surface area contributed by atoms with Crippen LogP contribution in [0.2, 0.25) is 0 Å². The van der Waals surface area contributed by atoms with E-state index in [1.54, 1.807) is 24.3 Å². The molecule has 0 saturated carbocycles. The molecule has 0 aromatic heterocycles. The van der Waals surface area contributed by atoms with Crippen LogP contribution < -0.4 is 10.3 Å². The van der Waals surface area contributed by atoms with Crippen molar-refractivity contribution in [2.75, 3.05) is 23.1 Å². The van der Waals surface area contributed by atoms with Crippen LogP contribution in [0.3, 0.4) is 0 Å². The minimum atomic E-state index is -0.880. The largest absolute Gasteiger partial charge is 0.481 e. The van der Waals surface area contributed by atoms with E-state index < -0.39 is 5.97 Å². The molecule has 1 aromatic carbocycles. The van der Waals surface area contributed by atoms with E-state index in [4.69, 9.17) is 5.11 Å². The fourth-order valence-electron chi connectivity index (χ4n) is 1.99. The molecule has 2 amide bonds. The van der Waals surface area contributed by atoms with Gasteiger partial charge in [0.2, 0.25) is 5.91 Å². The Morgan fingerprint density at radius 1 is 1.26 bits per heavy atom. The van der Waals surface area contributed by atoms with E-state index in [2.05, 4.69) is 10.4 Å². The van der Waals surface area contributed by atoms with Gasteiger partial charge in [0.15, 0.2) is 0 Å². The summed E-state index contributed by atoms with van der Waals surface area (Å²) in [6.45, 7) is 0.356. The predicted molar refractivity (Wildman–Crippen MR) is 88.6 cm³/mol. The number of hydrogen-bond donors (Lipinski definition) is 2. The molecule has 0 aliphatic carbocycles. The molecule has 2 N–H and O–H groups in total. The number of carbonyl (C=O) groups excluding carboxylic acids is 2. The van der Waals surface area contributed by atoms with E-state index in [-0.39, 0.29) is 24.0 Å². The topological polar surface area (TPSA) is 99.1 Å². The van der Waals surface area contributed by atoms with E-state index in [1.807, 2.05) is 6.07 Å². The molecule has 0 radical (unpaired) electrons. The summed E-state index contributed by atoms with van der Waals surface area (Å²) >= 11 is 1.23. The van der Waals surface area contributed by atoms with Crippen molar-refractivity contribution in [3.8, 4) is 0 Å². The Hall–Kier alpha value is -2.35. The average Bonchev–Trinajstić information content (AvgIpc) is 2.55. The molecule has 1 heterocycles. The molecule has 8 heteroatoms. The third-order valence-corrected chi connectivity index (χ3v) is 4.00. The molecule has 2 rings (SSSR count). The van der Waals surface area contributed by atoms with Crippen LogP contribution in [0.1, 0.15) is 12.8 Å². The lowest BCUT2D eigenvalue weighted by Gasteiger charge is -2.23. The zero-order valence-electron chi connectivity index (χ0n) is 12.4. The molecule has 0 fully saturated rings. The van der Waals surface area contributed by atoms with Crippen LogP contribution >= 0.6 is 11.8 Å². The van der Waals surface area contributed by atoms with Gasteiger partial charge in [-0.1, -0.05) is 18.2 Å². The van der Waals surface area contributed by atoms with Crippen LogP contribution in [-0.4, -0.2) is 46.7 Å². The predicted octanol–water partition coefficient (Wildman–Crippen LogP) is 1.10. The number of anilines is 1. The lowest BCUT2D eigenvalue weighted by Crippen LogP contribution is -2.39. The van der Waals surface area contributed by atoms with Gasteiger partial charge < -0.3 is 10.4 Å². The third kappa shape index (κ3) is 5.10. The second-order valence-electron chi connectivity index (χ2n) is 4.79. The van der Waals surface area contributed by atoms with Crippen LogP contribution in [-0.2, 0) is 14.4 Å². The van der Waals surface area contributed by atoms with Crippen molar-refractivity contribution in [3.05, 3.63) is 30.3 Å². The van der Waals surface area contributed by atoms with Crippen molar-refractivity contribution in [1.82, 2.24) is 5.32 Å². The van der Waals surface area contributed by atoms with Crippen LogP contribution in [0.15, 0.2) is 35.4 Å². The highest BCUT2D eigenvalue weighted by Crippen LogP contribution is 2.19. The summed E-state index contributed by atoms with van der Waals surface area (Å²) in [4.78, 5) is 34.4. The third-order valence-electron chi connectivity index (χ3n) is 3.05. The Morgan fingerprint density at radius 2 is 2.00 bits per heavy atom. The number of carboxylic acid groups (broad SMARTS) is 1. The Labute approximate surface area is 137 Å². The van der Waals surface area contributed by atoms with E-state index in [0.29, 0.717) is 30.1 Å². The second-order valence-corrected chi connectivity index (χ2v) is 5.90. The zero-order chi connectivity index (χ0) is 16.7. The van der Waals surface area contributed by atoms with Gasteiger partial charge in [-0.25, -0.2) is 5.01 Å². The molecule has 0 spiro atoms. The molecule has 1 aliphatic heterocycles. The minimum absolute atomic E-state index is 0.00705. The Balaban J connectivity index is 1.92. The average molecular weight is 335 g/mol. The number of aliphatic carboxylic acids is 1. The van der Waals surface area contributed by atoms with Gasteiger partial charge in [-0.2, -0.15) is 5.10 Å². The van der Waals surface area contributed by atoms with Crippen molar-refractivity contribution in [1.29, 1.82) is 0 Å². The summed E-state index contributed by atoms with van der Waals surface area (Å²) in [7, 11) is 0. The van der Waals surface area contributed by atoms with E-state index >= 15 is 0 Å². The maximum Gasteiger partial charge on any atom is 0.313 e. The van der Waals surface area contributed by atoms with Gasteiger partial charge in [-0.15, -0.1) is 11.8 Å². The number of hydrazone groups is 1. The Kier molecular flexibility index (Phi) is 6.16. The molecular weight excluding hydrogens is 318 g/mol. The molecule has 0 atom stereocenters. The molecule has 0 unspecified atom stereocenters. The maximum atomic E-state index is 12.1. The van der Waals surface area contributed by atoms with E-state index in [1.165, 1.54) is 16.8 Å². The first-order valence-electron chi connectivity index (χ1n) is 7.11. The molecule has 1 aromatic rings. The van der Waals surface area contributed by atoms with Crippen molar-refractivity contribution >= 4 is 40.9 Å². The first-order chi connectivity index (χ1) is 11.1. The number of thioether (sulfide) groups is 1.